The molecule has 1 heterocycles. The number of nitrogens with zero attached hydrogens (tertiary/aromatic N) is 2. The van der Waals surface area contributed by atoms with E-state index >= 15 is 0 Å². The maximum atomic E-state index is 11.4. The van der Waals surface area contributed by atoms with Crippen LogP contribution in [0.1, 0.15) is 32.5 Å². The van der Waals surface area contributed by atoms with Gasteiger partial charge in [-0.05, 0) is 27.2 Å². The van der Waals surface area contributed by atoms with Crippen molar-refractivity contribution in [1.82, 2.24) is 9.97 Å². The maximum absolute atomic E-state index is 11.4. The molecule has 0 amide bonds. The molecule has 0 aliphatic rings. The number of carboxylic acids is 1. The van der Waals surface area contributed by atoms with Crippen molar-refractivity contribution < 1.29 is 9.90 Å². The fourth-order valence-corrected chi connectivity index (χ4v) is 1.75. The number of nitrogens with one attached hydrogen (secondary N) is 1. The molecule has 0 fully saturated rings. The monoisotopic (exact) mass is 253 g/mol. The van der Waals surface area contributed by atoms with Gasteiger partial charge >= 0.3 is 5.97 Å². The summed E-state index contributed by atoms with van der Waals surface area (Å²) < 4.78 is 0. The molecule has 0 spiro atoms. The van der Waals surface area contributed by atoms with Crippen LogP contribution >= 0.6 is 0 Å². The molecule has 0 saturated carbocycles. The predicted molar refractivity (Wildman–Crippen MR) is 68.9 cm³/mol. The summed E-state index contributed by atoms with van der Waals surface area (Å²) >= 11 is 0. The molecular weight excluding hydrogens is 234 g/mol. The van der Waals surface area contributed by atoms with E-state index in [-0.39, 0.29) is 18.0 Å². The van der Waals surface area contributed by atoms with Gasteiger partial charge < -0.3 is 15.0 Å². The first kappa shape index (κ1) is 14.2. The van der Waals surface area contributed by atoms with Gasteiger partial charge in [0.1, 0.15) is 11.6 Å². The number of hydrogen-bond donors (Lipinski definition) is 2. The van der Waals surface area contributed by atoms with Gasteiger partial charge in [0.2, 0.25) is 0 Å². The zero-order valence-corrected chi connectivity index (χ0v) is 10.9. The number of carbonyl (C=O) groups is 1. The van der Waals surface area contributed by atoms with Crippen LogP contribution < -0.4 is 10.5 Å². The van der Waals surface area contributed by atoms with E-state index in [2.05, 4.69) is 9.97 Å². The van der Waals surface area contributed by atoms with E-state index in [1.54, 1.807) is 6.92 Å². The Balaban J connectivity index is 2.83. The minimum Gasteiger partial charge on any atom is -0.481 e. The molecule has 6 nitrogen and oxygen atoms in total. The van der Waals surface area contributed by atoms with Crippen LogP contribution in [-0.2, 0) is 4.79 Å². The average molecular weight is 253 g/mol. The number of anilines is 1. The Bertz CT molecular complexity index is 468. The molecule has 100 valence electrons. The number of H-pyrrole nitrogens is 1. The van der Waals surface area contributed by atoms with E-state index in [4.69, 9.17) is 5.11 Å². The van der Waals surface area contributed by atoms with E-state index in [0.29, 0.717) is 24.6 Å². The first-order chi connectivity index (χ1) is 8.40. The number of carboxylic acid groups (broad SMARTS) is 1. The summed E-state index contributed by atoms with van der Waals surface area (Å²) in [4.78, 5) is 30.7. The fraction of sp³-hybridized carbons (Fsp3) is 0.583. The number of aromatic nitrogens is 2. The maximum Gasteiger partial charge on any atom is 0.303 e. The second-order valence-corrected chi connectivity index (χ2v) is 4.47. The van der Waals surface area contributed by atoms with Crippen LogP contribution in [0.25, 0.3) is 0 Å². The molecule has 6 heteroatoms. The lowest BCUT2D eigenvalue weighted by Crippen LogP contribution is -2.34. The van der Waals surface area contributed by atoms with Crippen molar-refractivity contribution in [1.29, 1.82) is 0 Å². The van der Waals surface area contributed by atoms with Crippen molar-refractivity contribution in [3.63, 3.8) is 0 Å². The third kappa shape index (κ3) is 4.20. The van der Waals surface area contributed by atoms with Gasteiger partial charge in [-0.1, -0.05) is 0 Å². The Morgan fingerprint density at radius 2 is 2.22 bits per heavy atom. The van der Waals surface area contributed by atoms with Crippen molar-refractivity contribution in [3.8, 4) is 0 Å². The SMILES string of the molecule is Cc1nc(N(CCCC(=O)O)C(C)C)cc(=O)[nH]1. The molecule has 0 aliphatic heterocycles. The van der Waals surface area contributed by atoms with Gasteiger partial charge in [-0.15, -0.1) is 0 Å². The summed E-state index contributed by atoms with van der Waals surface area (Å²) in [7, 11) is 0. The summed E-state index contributed by atoms with van der Waals surface area (Å²) in [6.07, 6.45) is 0.645. The summed E-state index contributed by atoms with van der Waals surface area (Å²) in [5.74, 6) is 0.340. The highest BCUT2D eigenvalue weighted by Crippen LogP contribution is 2.13. The summed E-state index contributed by atoms with van der Waals surface area (Å²) in [6.45, 7) is 6.26. The average Bonchev–Trinajstić information content (AvgIpc) is 2.21. The first-order valence-corrected chi connectivity index (χ1v) is 5.96. The van der Waals surface area contributed by atoms with Crippen LogP contribution in [0.4, 0.5) is 5.82 Å². The zero-order valence-electron chi connectivity index (χ0n) is 10.9. The Labute approximate surface area is 106 Å². The summed E-state index contributed by atoms with van der Waals surface area (Å²) in [5, 5.41) is 8.63. The lowest BCUT2D eigenvalue weighted by molar-refractivity contribution is -0.137. The van der Waals surface area contributed by atoms with Crippen molar-refractivity contribution in [2.75, 3.05) is 11.4 Å². The Morgan fingerprint density at radius 1 is 1.56 bits per heavy atom. The van der Waals surface area contributed by atoms with E-state index in [1.165, 1.54) is 6.07 Å². The topological polar surface area (TPSA) is 86.3 Å². The van der Waals surface area contributed by atoms with E-state index in [9.17, 15) is 9.59 Å². The van der Waals surface area contributed by atoms with Crippen LogP contribution in [0.5, 0.6) is 0 Å². The lowest BCUT2D eigenvalue weighted by atomic mass is 10.2. The third-order valence-electron chi connectivity index (χ3n) is 2.55. The Morgan fingerprint density at radius 3 is 2.72 bits per heavy atom. The second kappa shape index (κ2) is 6.18. The number of aliphatic carboxylic acids is 1. The van der Waals surface area contributed by atoms with Gasteiger partial charge in [-0.2, -0.15) is 0 Å². The first-order valence-electron chi connectivity index (χ1n) is 5.96. The molecular formula is C12H19N3O3. The standard InChI is InChI=1S/C12H19N3O3/c1-8(2)15(6-4-5-12(17)18)10-7-11(16)14-9(3)13-10/h7-8H,4-6H2,1-3H3,(H,17,18)(H,13,14,16). The molecule has 0 aromatic carbocycles. The molecule has 0 bridgehead atoms. The predicted octanol–water partition coefficient (Wildman–Crippen LogP) is 1.16. The van der Waals surface area contributed by atoms with Crippen LogP contribution in [-0.4, -0.2) is 33.6 Å². The smallest absolute Gasteiger partial charge is 0.303 e. The van der Waals surface area contributed by atoms with Gasteiger partial charge in [0.25, 0.3) is 5.56 Å². The van der Waals surface area contributed by atoms with Gasteiger partial charge in [0.05, 0.1) is 0 Å². The van der Waals surface area contributed by atoms with Crippen LogP contribution in [0.15, 0.2) is 10.9 Å². The van der Waals surface area contributed by atoms with Crippen LogP contribution in [0, 0.1) is 6.92 Å². The van der Waals surface area contributed by atoms with Crippen molar-refractivity contribution in [3.05, 3.63) is 22.2 Å². The lowest BCUT2D eigenvalue weighted by Gasteiger charge is -2.27. The quantitative estimate of drug-likeness (QED) is 0.794. The molecule has 0 radical (unpaired) electrons. The molecule has 18 heavy (non-hydrogen) atoms. The third-order valence-corrected chi connectivity index (χ3v) is 2.55. The Kier molecular flexibility index (Phi) is 4.88. The van der Waals surface area contributed by atoms with Crippen molar-refractivity contribution in [2.45, 2.75) is 39.7 Å². The van der Waals surface area contributed by atoms with Gasteiger partial charge in [-0.3, -0.25) is 9.59 Å². The van der Waals surface area contributed by atoms with E-state index in [1.807, 2.05) is 18.7 Å². The highest BCUT2D eigenvalue weighted by Gasteiger charge is 2.13. The molecule has 0 atom stereocenters. The molecule has 1 aromatic heterocycles. The second-order valence-electron chi connectivity index (χ2n) is 4.47. The van der Waals surface area contributed by atoms with E-state index < -0.39 is 5.97 Å². The number of hydrogen-bond acceptors (Lipinski definition) is 4. The molecule has 2 N–H and O–H groups in total. The molecule has 0 saturated heterocycles. The minimum absolute atomic E-state index is 0.116. The summed E-state index contributed by atoms with van der Waals surface area (Å²) in [6, 6.07) is 1.60. The Hall–Kier alpha value is -1.85. The van der Waals surface area contributed by atoms with Gasteiger partial charge in [-0.25, -0.2) is 4.98 Å². The zero-order chi connectivity index (χ0) is 13.7. The fourth-order valence-electron chi connectivity index (χ4n) is 1.75. The highest BCUT2D eigenvalue weighted by molar-refractivity contribution is 5.66. The number of rotatable bonds is 6. The molecule has 1 rings (SSSR count). The minimum atomic E-state index is -0.811. The number of aromatic amines is 1. The van der Waals surface area contributed by atoms with Crippen molar-refractivity contribution in [2.24, 2.45) is 0 Å². The van der Waals surface area contributed by atoms with Crippen LogP contribution in [0.2, 0.25) is 0 Å². The van der Waals surface area contributed by atoms with Gasteiger partial charge in [0, 0.05) is 25.1 Å². The molecule has 0 unspecified atom stereocenters. The number of aryl methyl sites for hydroxylation is 1. The van der Waals surface area contributed by atoms with Gasteiger partial charge in [0.15, 0.2) is 0 Å². The van der Waals surface area contributed by atoms with Crippen LogP contribution in [0.3, 0.4) is 0 Å². The normalized spacial score (nSPS) is 10.7. The highest BCUT2D eigenvalue weighted by atomic mass is 16.4. The molecule has 0 aliphatic carbocycles. The summed E-state index contributed by atoms with van der Waals surface area (Å²) in [5.41, 5.74) is -0.193. The molecule has 1 aromatic rings. The largest absolute Gasteiger partial charge is 0.481 e. The van der Waals surface area contributed by atoms with E-state index in [0.717, 1.165) is 0 Å². The van der Waals surface area contributed by atoms with Crippen molar-refractivity contribution >= 4 is 11.8 Å².